The van der Waals surface area contributed by atoms with Crippen LogP contribution in [0, 0.1) is 6.92 Å². The highest BCUT2D eigenvalue weighted by Gasteiger charge is 2.07. The number of rotatable bonds is 4. The van der Waals surface area contributed by atoms with Crippen molar-refractivity contribution in [3.05, 3.63) is 44.3 Å². The lowest BCUT2D eigenvalue weighted by molar-refractivity contribution is 0.0954. The van der Waals surface area contributed by atoms with Gasteiger partial charge in [0.25, 0.3) is 5.91 Å². The van der Waals surface area contributed by atoms with Gasteiger partial charge in [0.15, 0.2) is 0 Å². The van der Waals surface area contributed by atoms with Crippen LogP contribution < -0.4 is 11.1 Å². The summed E-state index contributed by atoms with van der Waals surface area (Å²) in [6.45, 7) is 2.54. The van der Waals surface area contributed by atoms with E-state index >= 15 is 0 Å². The minimum atomic E-state index is -0.119. The smallest absolute Gasteiger partial charge is 0.251 e. The molecule has 2 aromatic rings. The Morgan fingerprint density at radius 1 is 1.53 bits per heavy atom. The Hall–Kier alpha value is -1.40. The molecular weight excluding hydrogens is 326 g/mol. The zero-order valence-corrected chi connectivity index (χ0v) is 12.8. The molecule has 0 fully saturated rings. The van der Waals surface area contributed by atoms with Crippen molar-refractivity contribution in [1.82, 2.24) is 10.3 Å². The van der Waals surface area contributed by atoms with E-state index in [4.69, 9.17) is 5.73 Å². The van der Waals surface area contributed by atoms with Crippen molar-refractivity contribution in [2.75, 3.05) is 12.3 Å². The van der Waals surface area contributed by atoms with Crippen LogP contribution in [0.2, 0.25) is 0 Å². The Labute approximate surface area is 124 Å². The number of carbonyl (C=O) groups is 1. The molecule has 0 atom stereocenters. The van der Waals surface area contributed by atoms with Crippen LogP contribution in [0.5, 0.6) is 0 Å². The third kappa shape index (κ3) is 3.78. The van der Waals surface area contributed by atoms with E-state index in [1.54, 1.807) is 29.5 Å². The summed E-state index contributed by atoms with van der Waals surface area (Å²) in [5.41, 5.74) is 7.88. The largest absolute Gasteiger partial charge is 0.398 e. The molecule has 1 aromatic heterocycles. The zero-order chi connectivity index (χ0) is 13.8. The first-order valence-electron chi connectivity index (χ1n) is 5.80. The summed E-state index contributed by atoms with van der Waals surface area (Å²) in [7, 11) is 0. The van der Waals surface area contributed by atoms with Gasteiger partial charge in [-0.05, 0) is 41.1 Å². The molecule has 100 valence electrons. The Kier molecular flexibility index (Phi) is 4.55. The first-order valence-corrected chi connectivity index (χ1v) is 7.48. The molecule has 0 bridgehead atoms. The average Bonchev–Trinajstić information content (AvgIpc) is 2.78. The van der Waals surface area contributed by atoms with Gasteiger partial charge in [0.05, 0.1) is 10.7 Å². The number of nitrogens with zero attached hydrogens (tertiary/aromatic N) is 1. The molecular formula is C13H14BrN3OS. The first-order chi connectivity index (χ1) is 9.06. The van der Waals surface area contributed by atoms with E-state index in [1.165, 1.54) is 0 Å². The molecule has 0 aliphatic carbocycles. The number of anilines is 1. The predicted molar refractivity (Wildman–Crippen MR) is 81.4 cm³/mol. The second-order valence-electron chi connectivity index (χ2n) is 4.10. The minimum absolute atomic E-state index is 0.119. The molecule has 0 unspecified atom stereocenters. The van der Waals surface area contributed by atoms with Gasteiger partial charge in [-0.1, -0.05) is 0 Å². The molecule has 1 heterocycles. The van der Waals surface area contributed by atoms with Gasteiger partial charge in [0.1, 0.15) is 0 Å². The van der Waals surface area contributed by atoms with Gasteiger partial charge in [0, 0.05) is 34.1 Å². The van der Waals surface area contributed by atoms with E-state index in [0.29, 0.717) is 17.8 Å². The number of amides is 1. The second kappa shape index (κ2) is 6.16. The van der Waals surface area contributed by atoms with E-state index in [9.17, 15) is 4.79 Å². The number of aromatic nitrogens is 1. The first kappa shape index (κ1) is 14.0. The lowest BCUT2D eigenvalue weighted by Gasteiger charge is -2.05. The van der Waals surface area contributed by atoms with Crippen LogP contribution in [0.15, 0.2) is 28.1 Å². The quantitative estimate of drug-likeness (QED) is 0.841. The van der Waals surface area contributed by atoms with E-state index in [-0.39, 0.29) is 5.91 Å². The van der Waals surface area contributed by atoms with Gasteiger partial charge in [-0.25, -0.2) is 4.98 Å². The predicted octanol–water partition coefficient (Wildman–Crippen LogP) is 2.77. The third-order valence-corrected chi connectivity index (χ3v) is 4.14. The maximum absolute atomic E-state index is 11.9. The summed E-state index contributed by atoms with van der Waals surface area (Å²) in [6.07, 6.45) is 0.738. The normalized spacial score (nSPS) is 10.4. The van der Waals surface area contributed by atoms with Crippen molar-refractivity contribution in [3.8, 4) is 0 Å². The summed E-state index contributed by atoms with van der Waals surface area (Å²) in [4.78, 5) is 16.3. The van der Waals surface area contributed by atoms with Crippen LogP contribution >= 0.6 is 27.3 Å². The minimum Gasteiger partial charge on any atom is -0.398 e. The molecule has 0 aliphatic rings. The van der Waals surface area contributed by atoms with E-state index in [1.807, 2.05) is 12.3 Å². The number of benzene rings is 1. The number of nitrogen functional groups attached to an aromatic ring is 1. The van der Waals surface area contributed by atoms with Crippen molar-refractivity contribution < 1.29 is 4.79 Å². The highest BCUT2D eigenvalue weighted by Crippen LogP contribution is 2.20. The lowest BCUT2D eigenvalue weighted by Crippen LogP contribution is -2.25. The van der Waals surface area contributed by atoms with Gasteiger partial charge < -0.3 is 11.1 Å². The molecule has 0 spiro atoms. The van der Waals surface area contributed by atoms with Crippen molar-refractivity contribution in [2.24, 2.45) is 0 Å². The Bertz CT molecular complexity index is 597. The van der Waals surface area contributed by atoms with Crippen molar-refractivity contribution >= 4 is 38.9 Å². The number of halogens is 1. The Morgan fingerprint density at radius 3 is 2.95 bits per heavy atom. The van der Waals surface area contributed by atoms with Crippen molar-refractivity contribution in [3.63, 3.8) is 0 Å². The van der Waals surface area contributed by atoms with Gasteiger partial charge in [0.2, 0.25) is 0 Å². The number of carbonyl (C=O) groups excluding carboxylic acids is 1. The number of nitrogens with two attached hydrogens (primary N) is 1. The lowest BCUT2D eigenvalue weighted by atomic mass is 10.2. The molecule has 0 saturated carbocycles. The zero-order valence-electron chi connectivity index (χ0n) is 10.4. The van der Waals surface area contributed by atoms with Crippen LogP contribution in [0.4, 0.5) is 5.69 Å². The van der Waals surface area contributed by atoms with E-state index in [2.05, 4.69) is 26.2 Å². The molecule has 3 N–H and O–H groups in total. The highest BCUT2D eigenvalue weighted by atomic mass is 79.9. The van der Waals surface area contributed by atoms with Crippen LogP contribution in [-0.2, 0) is 6.42 Å². The van der Waals surface area contributed by atoms with Gasteiger partial charge in [-0.2, -0.15) is 0 Å². The molecule has 1 aromatic carbocycles. The third-order valence-electron chi connectivity index (χ3n) is 2.59. The van der Waals surface area contributed by atoms with Crippen LogP contribution in [0.1, 0.15) is 21.1 Å². The SMILES string of the molecule is Cc1nc(CCNC(=O)c2ccc(Br)c(N)c2)cs1. The summed E-state index contributed by atoms with van der Waals surface area (Å²) in [5.74, 6) is -0.119. The topological polar surface area (TPSA) is 68.0 Å². The Balaban J connectivity index is 1.89. The summed E-state index contributed by atoms with van der Waals surface area (Å²) in [6, 6.07) is 5.17. The summed E-state index contributed by atoms with van der Waals surface area (Å²) >= 11 is 4.92. The Morgan fingerprint density at radius 2 is 2.32 bits per heavy atom. The van der Waals surface area contributed by atoms with Gasteiger partial charge in [-0.15, -0.1) is 11.3 Å². The molecule has 0 aliphatic heterocycles. The molecule has 1 amide bonds. The fourth-order valence-corrected chi connectivity index (χ4v) is 2.51. The van der Waals surface area contributed by atoms with E-state index < -0.39 is 0 Å². The second-order valence-corrected chi connectivity index (χ2v) is 6.02. The maximum atomic E-state index is 11.9. The van der Waals surface area contributed by atoms with Crippen molar-refractivity contribution in [1.29, 1.82) is 0 Å². The summed E-state index contributed by atoms with van der Waals surface area (Å²) in [5, 5.41) is 5.91. The number of nitrogens with one attached hydrogen (secondary N) is 1. The monoisotopic (exact) mass is 339 g/mol. The van der Waals surface area contributed by atoms with Gasteiger partial charge in [-0.3, -0.25) is 4.79 Å². The fraction of sp³-hybridized carbons (Fsp3) is 0.231. The highest BCUT2D eigenvalue weighted by molar-refractivity contribution is 9.10. The molecule has 19 heavy (non-hydrogen) atoms. The molecule has 0 saturated heterocycles. The molecule has 0 radical (unpaired) electrons. The number of thiazole rings is 1. The van der Waals surface area contributed by atoms with Crippen LogP contribution in [-0.4, -0.2) is 17.4 Å². The maximum Gasteiger partial charge on any atom is 0.251 e. The fourth-order valence-electron chi connectivity index (χ4n) is 1.61. The number of hydrogen-bond acceptors (Lipinski definition) is 4. The standard InChI is InChI=1S/C13H14BrN3OS/c1-8-17-10(7-19-8)4-5-16-13(18)9-2-3-11(14)12(15)6-9/h2-3,6-7H,4-5,15H2,1H3,(H,16,18). The number of aryl methyl sites for hydroxylation is 1. The number of hydrogen-bond donors (Lipinski definition) is 2. The average molecular weight is 340 g/mol. The van der Waals surface area contributed by atoms with Crippen LogP contribution in [0.3, 0.4) is 0 Å². The molecule has 4 nitrogen and oxygen atoms in total. The van der Waals surface area contributed by atoms with Crippen molar-refractivity contribution in [2.45, 2.75) is 13.3 Å². The van der Waals surface area contributed by atoms with E-state index in [0.717, 1.165) is 21.6 Å². The van der Waals surface area contributed by atoms with Crippen LogP contribution in [0.25, 0.3) is 0 Å². The molecule has 2 rings (SSSR count). The summed E-state index contributed by atoms with van der Waals surface area (Å²) < 4.78 is 0.794. The molecule has 6 heteroatoms. The van der Waals surface area contributed by atoms with Gasteiger partial charge >= 0.3 is 0 Å².